The number of hydrogen-bond donors (Lipinski definition) is 2. The number of esters is 1. The maximum Gasteiger partial charge on any atom is 0.328 e. The number of nitrogens with zero attached hydrogens (tertiary/aromatic N) is 1. The number of ether oxygens (including phenoxy) is 1. The van der Waals surface area contributed by atoms with E-state index in [0.29, 0.717) is 12.1 Å². The Morgan fingerprint density at radius 2 is 2.00 bits per heavy atom. The Kier molecular flexibility index (Phi) is 5.91. The third kappa shape index (κ3) is 4.54. The third-order valence-electron chi connectivity index (χ3n) is 3.30. The zero-order valence-electron chi connectivity index (χ0n) is 12.9. The highest BCUT2D eigenvalue weighted by Gasteiger charge is 2.27. The highest BCUT2D eigenvalue weighted by Crippen LogP contribution is 2.10. The minimum absolute atomic E-state index is 0.241. The van der Waals surface area contributed by atoms with Crippen LogP contribution in [0.2, 0.25) is 0 Å². The molecule has 0 spiro atoms. The molecule has 2 rings (SSSR count). The van der Waals surface area contributed by atoms with Gasteiger partial charge in [0.2, 0.25) is 0 Å². The Labute approximate surface area is 146 Å². The van der Waals surface area contributed by atoms with Crippen molar-refractivity contribution in [1.82, 2.24) is 15.5 Å². The van der Waals surface area contributed by atoms with Crippen molar-refractivity contribution < 1.29 is 23.9 Å². The van der Waals surface area contributed by atoms with Crippen LogP contribution >= 0.6 is 15.9 Å². The molecule has 1 saturated heterocycles. The molecule has 24 heavy (non-hydrogen) atoms. The third-order valence-corrected chi connectivity index (χ3v) is 3.83. The van der Waals surface area contributed by atoms with Gasteiger partial charge in [-0.15, -0.1) is 0 Å². The van der Waals surface area contributed by atoms with Crippen molar-refractivity contribution >= 4 is 39.7 Å². The van der Waals surface area contributed by atoms with Gasteiger partial charge in [0.15, 0.2) is 6.61 Å². The summed E-state index contributed by atoms with van der Waals surface area (Å²) in [4.78, 5) is 47.9. The van der Waals surface area contributed by atoms with Gasteiger partial charge < -0.3 is 15.4 Å². The fourth-order valence-corrected chi connectivity index (χ4v) is 2.25. The maximum atomic E-state index is 12.0. The van der Waals surface area contributed by atoms with Gasteiger partial charge in [0.25, 0.3) is 11.8 Å². The molecular weight excluding hydrogens is 382 g/mol. The Morgan fingerprint density at radius 1 is 1.33 bits per heavy atom. The first kappa shape index (κ1) is 17.9. The summed E-state index contributed by atoms with van der Waals surface area (Å²) in [6.45, 7) is 1.51. The maximum absolute atomic E-state index is 12.0. The van der Waals surface area contributed by atoms with Crippen LogP contribution < -0.4 is 10.6 Å². The fraction of sp³-hybridized carbons (Fsp3) is 0.333. The number of hydrogen-bond acceptors (Lipinski definition) is 5. The van der Waals surface area contributed by atoms with Gasteiger partial charge in [-0.05, 0) is 31.2 Å². The second kappa shape index (κ2) is 7.91. The first-order valence-corrected chi connectivity index (χ1v) is 7.99. The van der Waals surface area contributed by atoms with E-state index in [1.807, 2.05) is 0 Å². The van der Waals surface area contributed by atoms with Gasteiger partial charge in [-0.3, -0.25) is 14.5 Å². The van der Waals surface area contributed by atoms with Crippen LogP contribution in [0.5, 0.6) is 0 Å². The average molecular weight is 398 g/mol. The van der Waals surface area contributed by atoms with Crippen LogP contribution in [-0.2, 0) is 14.3 Å². The molecular formula is C15H16BrN3O5. The number of urea groups is 1. The van der Waals surface area contributed by atoms with Gasteiger partial charge in [-0.2, -0.15) is 0 Å². The molecule has 1 aromatic carbocycles. The fourth-order valence-electron chi connectivity index (χ4n) is 1.99. The molecule has 1 aliphatic rings. The zero-order valence-corrected chi connectivity index (χ0v) is 14.5. The van der Waals surface area contributed by atoms with Gasteiger partial charge in [0.1, 0.15) is 6.04 Å². The number of nitrogens with one attached hydrogen (secondary N) is 2. The summed E-state index contributed by atoms with van der Waals surface area (Å²) in [7, 11) is 0. The number of imide groups is 1. The second-order valence-electron chi connectivity index (χ2n) is 5.09. The van der Waals surface area contributed by atoms with E-state index in [-0.39, 0.29) is 6.54 Å². The minimum Gasteiger partial charge on any atom is -0.454 e. The zero-order chi connectivity index (χ0) is 17.7. The van der Waals surface area contributed by atoms with Gasteiger partial charge >= 0.3 is 12.0 Å². The predicted molar refractivity (Wildman–Crippen MR) is 87.1 cm³/mol. The number of amides is 4. The molecule has 0 aromatic heterocycles. The Hall–Kier alpha value is -2.42. The van der Waals surface area contributed by atoms with E-state index in [1.165, 1.54) is 6.92 Å². The summed E-state index contributed by atoms with van der Waals surface area (Å²) in [5.74, 6) is -1.80. The quantitative estimate of drug-likeness (QED) is 0.710. The van der Waals surface area contributed by atoms with Crippen LogP contribution in [0.15, 0.2) is 28.7 Å². The van der Waals surface area contributed by atoms with E-state index in [1.54, 1.807) is 24.3 Å². The molecule has 8 nitrogen and oxygen atoms in total. The van der Waals surface area contributed by atoms with E-state index in [0.717, 1.165) is 9.37 Å². The number of carbonyl (C=O) groups is 4. The predicted octanol–water partition coefficient (Wildman–Crippen LogP) is 0.662. The summed E-state index contributed by atoms with van der Waals surface area (Å²) in [5.41, 5.74) is 0.391. The standard InChI is InChI=1S/C15H16BrN3O5/c1-9(18-13(21)10-2-4-11(16)5-3-10)14(22)24-8-12(20)19-7-6-17-15(19)23/h2-5,9H,6-8H2,1H3,(H,17,23)(H,18,21)/t9-/m0/s1. The molecule has 0 unspecified atom stereocenters. The molecule has 4 amide bonds. The number of rotatable bonds is 5. The van der Waals surface area contributed by atoms with Gasteiger partial charge in [-0.25, -0.2) is 9.59 Å². The summed E-state index contributed by atoms with van der Waals surface area (Å²) in [5, 5.41) is 4.96. The lowest BCUT2D eigenvalue weighted by molar-refractivity contribution is -0.152. The van der Waals surface area contributed by atoms with E-state index >= 15 is 0 Å². The largest absolute Gasteiger partial charge is 0.454 e. The lowest BCUT2D eigenvalue weighted by Crippen LogP contribution is -2.42. The number of halogens is 1. The average Bonchev–Trinajstić information content (AvgIpc) is 2.98. The molecule has 0 radical (unpaired) electrons. The van der Waals surface area contributed by atoms with Crippen LogP contribution in [0.25, 0.3) is 0 Å². The van der Waals surface area contributed by atoms with Crippen molar-refractivity contribution in [3.63, 3.8) is 0 Å². The molecule has 0 saturated carbocycles. The lowest BCUT2D eigenvalue weighted by atomic mass is 10.2. The van der Waals surface area contributed by atoms with E-state index in [9.17, 15) is 19.2 Å². The van der Waals surface area contributed by atoms with E-state index in [2.05, 4.69) is 26.6 Å². The van der Waals surface area contributed by atoms with Crippen molar-refractivity contribution in [3.8, 4) is 0 Å². The van der Waals surface area contributed by atoms with E-state index < -0.39 is 36.5 Å². The molecule has 1 atom stereocenters. The van der Waals surface area contributed by atoms with E-state index in [4.69, 9.17) is 4.74 Å². The van der Waals surface area contributed by atoms with Gasteiger partial charge in [-0.1, -0.05) is 15.9 Å². The van der Waals surface area contributed by atoms with Gasteiger partial charge in [0.05, 0.1) is 0 Å². The Balaban J connectivity index is 1.81. The molecule has 1 aliphatic heterocycles. The van der Waals surface area contributed by atoms with Crippen molar-refractivity contribution in [2.45, 2.75) is 13.0 Å². The topological polar surface area (TPSA) is 105 Å². The molecule has 1 fully saturated rings. The van der Waals surface area contributed by atoms with Crippen LogP contribution in [0.3, 0.4) is 0 Å². The van der Waals surface area contributed by atoms with Crippen molar-refractivity contribution in [2.75, 3.05) is 19.7 Å². The molecule has 1 aromatic rings. The summed E-state index contributed by atoms with van der Waals surface area (Å²) >= 11 is 3.26. The van der Waals surface area contributed by atoms with Crippen molar-refractivity contribution in [1.29, 1.82) is 0 Å². The van der Waals surface area contributed by atoms with Crippen LogP contribution in [0, 0.1) is 0 Å². The molecule has 0 bridgehead atoms. The first-order chi connectivity index (χ1) is 11.4. The molecule has 9 heteroatoms. The minimum atomic E-state index is -0.929. The molecule has 128 valence electrons. The van der Waals surface area contributed by atoms with Crippen LogP contribution in [0.1, 0.15) is 17.3 Å². The summed E-state index contributed by atoms with van der Waals surface area (Å²) in [6.07, 6.45) is 0. The number of carbonyl (C=O) groups excluding carboxylic acids is 4. The Bertz CT molecular complexity index is 662. The summed E-state index contributed by atoms with van der Waals surface area (Å²) < 4.78 is 5.68. The monoisotopic (exact) mass is 397 g/mol. The van der Waals surface area contributed by atoms with Crippen LogP contribution in [-0.4, -0.2) is 54.5 Å². The van der Waals surface area contributed by atoms with Crippen LogP contribution in [0.4, 0.5) is 4.79 Å². The highest BCUT2D eigenvalue weighted by atomic mass is 79.9. The van der Waals surface area contributed by atoms with Gasteiger partial charge in [0, 0.05) is 23.1 Å². The lowest BCUT2D eigenvalue weighted by Gasteiger charge is -2.15. The molecule has 2 N–H and O–H groups in total. The first-order valence-electron chi connectivity index (χ1n) is 7.19. The smallest absolute Gasteiger partial charge is 0.328 e. The number of benzene rings is 1. The molecule has 0 aliphatic carbocycles. The van der Waals surface area contributed by atoms with Crippen molar-refractivity contribution in [2.24, 2.45) is 0 Å². The SMILES string of the molecule is C[C@H](NC(=O)c1ccc(Br)cc1)C(=O)OCC(=O)N1CCNC1=O. The molecule has 1 heterocycles. The second-order valence-corrected chi connectivity index (χ2v) is 6.00. The highest BCUT2D eigenvalue weighted by molar-refractivity contribution is 9.10. The van der Waals surface area contributed by atoms with Crippen molar-refractivity contribution in [3.05, 3.63) is 34.3 Å². The summed E-state index contributed by atoms with van der Waals surface area (Å²) in [6, 6.07) is 5.18. The normalized spacial score (nSPS) is 14.8. The Morgan fingerprint density at radius 3 is 2.58 bits per heavy atom.